The summed E-state index contributed by atoms with van der Waals surface area (Å²) in [5, 5.41) is 22.9. The first-order valence-corrected chi connectivity index (χ1v) is 9.30. The van der Waals surface area contributed by atoms with Crippen molar-refractivity contribution in [2.75, 3.05) is 41.9 Å². The van der Waals surface area contributed by atoms with Gasteiger partial charge >= 0.3 is 0 Å². The van der Waals surface area contributed by atoms with Gasteiger partial charge in [0, 0.05) is 20.6 Å². The van der Waals surface area contributed by atoms with Crippen molar-refractivity contribution in [3.05, 3.63) is 0 Å². The molecule has 142 valence electrons. The molecule has 1 saturated carbocycles. The van der Waals surface area contributed by atoms with Crippen molar-refractivity contribution in [3.8, 4) is 0 Å². The van der Waals surface area contributed by atoms with Crippen molar-refractivity contribution in [1.82, 2.24) is 19.9 Å². The smallest absolute Gasteiger partial charge is 0.225 e. The number of aromatic nitrogens is 4. The highest BCUT2D eigenvalue weighted by Gasteiger charge is 2.24. The van der Waals surface area contributed by atoms with Crippen LogP contribution in [0.2, 0.25) is 0 Å². The number of fused-ring (bicyclic) bond motifs is 1. The number of nitrogens with zero attached hydrogens (tertiary/aromatic N) is 4. The number of rotatable bonds is 7. The first-order chi connectivity index (χ1) is 12.7. The predicted molar refractivity (Wildman–Crippen MR) is 105 cm³/mol. The zero-order valence-electron chi connectivity index (χ0n) is 15.6. The summed E-state index contributed by atoms with van der Waals surface area (Å²) in [6.07, 6.45) is 4.48. The standard InChI is InChI=1S/C17H28N8O/c1-4-9-20-16-22-12-13(14(18-2)24-16)23-17(25-15(12)19-3)21-10-7-5-6-8-11(10)26/h10-11,26H,4-9H2,1-3H3,(H2,18,20,22,24)(H2,19,21,23,25)/t10-,11-/m0/s1. The highest BCUT2D eigenvalue weighted by Crippen LogP contribution is 2.28. The second kappa shape index (κ2) is 8.31. The largest absolute Gasteiger partial charge is 0.391 e. The van der Waals surface area contributed by atoms with Crippen molar-refractivity contribution in [2.45, 2.75) is 51.2 Å². The van der Waals surface area contributed by atoms with Crippen LogP contribution in [0.1, 0.15) is 39.0 Å². The number of hydrogen-bond donors (Lipinski definition) is 5. The van der Waals surface area contributed by atoms with Gasteiger partial charge in [-0.05, 0) is 19.3 Å². The Bertz CT molecular complexity index is 753. The van der Waals surface area contributed by atoms with E-state index in [9.17, 15) is 5.11 Å². The molecule has 2 aromatic rings. The molecule has 1 fully saturated rings. The van der Waals surface area contributed by atoms with E-state index in [-0.39, 0.29) is 12.1 Å². The molecule has 3 rings (SSSR count). The second-order valence-electron chi connectivity index (χ2n) is 6.52. The Hall–Kier alpha value is -2.42. The van der Waals surface area contributed by atoms with Crippen LogP contribution in [0.5, 0.6) is 0 Å². The molecule has 9 nitrogen and oxygen atoms in total. The quantitative estimate of drug-likeness (QED) is 0.505. The summed E-state index contributed by atoms with van der Waals surface area (Å²) >= 11 is 0. The van der Waals surface area contributed by atoms with Crippen LogP contribution in [0.4, 0.5) is 23.5 Å². The van der Waals surface area contributed by atoms with Crippen molar-refractivity contribution in [3.63, 3.8) is 0 Å². The first-order valence-electron chi connectivity index (χ1n) is 9.30. The number of aliphatic hydroxyl groups excluding tert-OH is 1. The Balaban J connectivity index is 1.99. The molecule has 0 aromatic carbocycles. The van der Waals surface area contributed by atoms with Crippen LogP contribution in [-0.2, 0) is 0 Å². The fraction of sp³-hybridized carbons (Fsp3) is 0.647. The molecule has 2 atom stereocenters. The van der Waals surface area contributed by atoms with E-state index in [1.807, 2.05) is 7.05 Å². The molecule has 1 aliphatic carbocycles. The lowest BCUT2D eigenvalue weighted by molar-refractivity contribution is 0.116. The van der Waals surface area contributed by atoms with Crippen LogP contribution in [0.15, 0.2) is 0 Å². The van der Waals surface area contributed by atoms with Crippen LogP contribution in [0.25, 0.3) is 11.0 Å². The topological polar surface area (TPSA) is 120 Å². The molecule has 0 bridgehead atoms. The third-order valence-electron chi connectivity index (χ3n) is 4.59. The molecule has 26 heavy (non-hydrogen) atoms. The van der Waals surface area contributed by atoms with Gasteiger partial charge in [-0.1, -0.05) is 19.8 Å². The Kier molecular flexibility index (Phi) is 5.87. The normalized spacial score (nSPS) is 20.0. The summed E-state index contributed by atoms with van der Waals surface area (Å²) in [4.78, 5) is 18.2. The summed E-state index contributed by atoms with van der Waals surface area (Å²) in [6, 6.07) is -0.0321. The Morgan fingerprint density at radius 3 is 2.15 bits per heavy atom. The fourth-order valence-corrected chi connectivity index (χ4v) is 3.19. The second-order valence-corrected chi connectivity index (χ2v) is 6.52. The minimum absolute atomic E-state index is 0.0321. The number of hydrogen-bond acceptors (Lipinski definition) is 9. The van der Waals surface area contributed by atoms with E-state index in [4.69, 9.17) is 0 Å². The molecule has 0 radical (unpaired) electrons. The van der Waals surface area contributed by atoms with E-state index in [2.05, 4.69) is 48.1 Å². The predicted octanol–water partition coefficient (Wildman–Crippen LogP) is 2.04. The zero-order chi connectivity index (χ0) is 18.5. The highest BCUT2D eigenvalue weighted by atomic mass is 16.3. The van der Waals surface area contributed by atoms with Gasteiger partial charge in [0.1, 0.15) is 11.0 Å². The summed E-state index contributed by atoms with van der Waals surface area (Å²) < 4.78 is 0. The monoisotopic (exact) mass is 360 g/mol. The van der Waals surface area contributed by atoms with Crippen molar-refractivity contribution in [1.29, 1.82) is 0 Å². The number of nitrogens with one attached hydrogen (secondary N) is 4. The highest BCUT2D eigenvalue weighted by molar-refractivity contribution is 5.94. The summed E-state index contributed by atoms with van der Waals surface area (Å²) in [5.74, 6) is 2.29. The van der Waals surface area contributed by atoms with Gasteiger partial charge in [0.25, 0.3) is 0 Å². The molecule has 0 spiro atoms. The van der Waals surface area contributed by atoms with Gasteiger partial charge in [0.2, 0.25) is 11.9 Å². The van der Waals surface area contributed by atoms with E-state index < -0.39 is 0 Å². The lowest BCUT2D eigenvalue weighted by Crippen LogP contribution is -2.36. The number of aliphatic hydroxyl groups is 1. The van der Waals surface area contributed by atoms with E-state index in [1.165, 1.54) is 0 Å². The minimum Gasteiger partial charge on any atom is -0.391 e. The maximum Gasteiger partial charge on any atom is 0.225 e. The van der Waals surface area contributed by atoms with Crippen LogP contribution in [0, 0.1) is 0 Å². The minimum atomic E-state index is -0.373. The van der Waals surface area contributed by atoms with Gasteiger partial charge in [-0.15, -0.1) is 0 Å². The molecular weight excluding hydrogens is 332 g/mol. The van der Waals surface area contributed by atoms with Gasteiger partial charge in [0.05, 0.1) is 12.1 Å². The van der Waals surface area contributed by atoms with Gasteiger partial charge < -0.3 is 26.4 Å². The lowest BCUT2D eigenvalue weighted by Gasteiger charge is -2.28. The molecule has 1 aliphatic rings. The fourth-order valence-electron chi connectivity index (χ4n) is 3.19. The molecule has 9 heteroatoms. The van der Waals surface area contributed by atoms with E-state index >= 15 is 0 Å². The van der Waals surface area contributed by atoms with Crippen LogP contribution >= 0.6 is 0 Å². The molecule has 0 saturated heterocycles. The molecular formula is C17H28N8O. The average molecular weight is 360 g/mol. The average Bonchev–Trinajstić information content (AvgIpc) is 2.67. The maximum atomic E-state index is 10.2. The summed E-state index contributed by atoms with van der Waals surface area (Å²) in [5.41, 5.74) is 1.29. The Morgan fingerprint density at radius 2 is 1.54 bits per heavy atom. The van der Waals surface area contributed by atoms with Gasteiger partial charge in [-0.2, -0.15) is 9.97 Å². The zero-order valence-corrected chi connectivity index (χ0v) is 15.6. The van der Waals surface area contributed by atoms with E-state index in [1.54, 1.807) is 7.05 Å². The summed E-state index contributed by atoms with van der Waals surface area (Å²) in [6.45, 7) is 2.89. The third-order valence-corrected chi connectivity index (χ3v) is 4.59. The van der Waals surface area contributed by atoms with Crippen LogP contribution < -0.4 is 21.3 Å². The van der Waals surface area contributed by atoms with Crippen molar-refractivity contribution in [2.24, 2.45) is 0 Å². The number of anilines is 4. The Labute approximate surface area is 153 Å². The molecule has 2 heterocycles. The van der Waals surface area contributed by atoms with Gasteiger partial charge in [-0.3, -0.25) is 0 Å². The third kappa shape index (κ3) is 3.87. The SMILES string of the molecule is CCCNc1nc(NC)c2nc(N[C@H]3CCCC[C@@H]3O)nc(NC)c2n1. The molecule has 0 aliphatic heterocycles. The van der Waals surface area contributed by atoms with Gasteiger partial charge in [0.15, 0.2) is 11.6 Å². The van der Waals surface area contributed by atoms with Crippen LogP contribution in [-0.4, -0.2) is 57.8 Å². The van der Waals surface area contributed by atoms with Crippen LogP contribution in [0.3, 0.4) is 0 Å². The molecule has 2 aromatic heterocycles. The van der Waals surface area contributed by atoms with Crippen molar-refractivity contribution < 1.29 is 5.11 Å². The van der Waals surface area contributed by atoms with Crippen molar-refractivity contribution >= 4 is 34.6 Å². The Morgan fingerprint density at radius 1 is 0.923 bits per heavy atom. The molecule has 0 unspecified atom stereocenters. The first kappa shape index (κ1) is 18.4. The van der Waals surface area contributed by atoms with Gasteiger partial charge in [-0.25, -0.2) is 9.97 Å². The van der Waals surface area contributed by atoms with E-state index in [0.717, 1.165) is 38.6 Å². The summed E-state index contributed by atoms with van der Waals surface area (Å²) in [7, 11) is 3.62. The lowest BCUT2D eigenvalue weighted by atomic mass is 9.93. The maximum absolute atomic E-state index is 10.2. The molecule has 0 amide bonds. The van der Waals surface area contributed by atoms with E-state index in [0.29, 0.717) is 34.6 Å². The molecule has 5 N–H and O–H groups in total.